The zero-order valence-corrected chi connectivity index (χ0v) is 15.7. The Morgan fingerprint density at radius 3 is 1.33 bits per heavy atom. The van der Waals surface area contributed by atoms with E-state index in [1.807, 2.05) is 24.3 Å². The molecule has 0 aliphatic heterocycles. The van der Waals surface area contributed by atoms with Gasteiger partial charge in [-0.2, -0.15) is 0 Å². The molecule has 0 atom stereocenters. The summed E-state index contributed by atoms with van der Waals surface area (Å²) in [6, 6.07) is 33.6. The molecule has 0 radical (unpaired) electrons. The third kappa shape index (κ3) is 4.92. The number of aryl methyl sites for hydroxylation is 2. The molecule has 0 fully saturated rings. The van der Waals surface area contributed by atoms with Crippen LogP contribution < -0.4 is 0 Å². The van der Waals surface area contributed by atoms with Gasteiger partial charge in [0, 0.05) is 0 Å². The van der Waals surface area contributed by atoms with Crippen LogP contribution in [-0.4, -0.2) is 0 Å². The first-order valence-electron chi connectivity index (χ1n) is 9.08. The average Bonchev–Trinajstić information content (AvgIpc) is 2.71. The molecule has 134 valence electrons. The Morgan fingerprint density at radius 2 is 0.852 bits per heavy atom. The summed E-state index contributed by atoms with van der Waals surface area (Å²) in [6.07, 6.45) is 0. The molecule has 0 unspecified atom stereocenters. The zero-order valence-electron chi connectivity index (χ0n) is 15.7. The van der Waals surface area contributed by atoms with Crippen LogP contribution in [-0.2, 0) is 0 Å². The summed E-state index contributed by atoms with van der Waals surface area (Å²) in [5.41, 5.74) is 7.37. The molecule has 0 bridgehead atoms. The van der Waals surface area contributed by atoms with Crippen molar-refractivity contribution in [2.45, 2.75) is 13.8 Å². The van der Waals surface area contributed by atoms with E-state index in [0.29, 0.717) is 0 Å². The minimum atomic E-state index is -0.192. The Labute approximate surface area is 161 Å². The van der Waals surface area contributed by atoms with Crippen molar-refractivity contribution in [1.29, 1.82) is 0 Å². The fourth-order valence-electron chi connectivity index (χ4n) is 3.04. The van der Waals surface area contributed by atoms with E-state index in [1.54, 1.807) is 12.1 Å². The van der Waals surface area contributed by atoms with Gasteiger partial charge in [-0.15, -0.1) is 0 Å². The number of rotatable bonds is 2. The van der Waals surface area contributed by atoms with Crippen molar-refractivity contribution < 1.29 is 4.39 Å². The van der Waals surface area contributed by atoms with E-state index in [4.69, 9.17) is 0 Å². The van der Waals surface area contributed by atoms with Crippen LogP contribution in [0.4, 0.5) is 4.39 Å². The number of benzene rings is 4. The van der Waals surface area contributed by atoms with Gasteiger partial charge in [0.05, 0.1) is 0 Å². The van der Waals surface area contributed by atoms with E-state index in [-0.39, 0.29) is 5.82 Å². The Bertz CT molecular complexity index is 986. The second-order valence-corrected chi connectivity index (χ2v) is 6.50. The fraction of sp³-hybridized carbons (Fsp3) is 0.0769. The fourth-order valence-corrected chi connectivity index (χ4v) is 3.04. The first kappa shape index (κ1) is 18.6. The molecule has 0 spiro atoms. The Balaban J connectivity index is 0.000000156. The summed E-state index contributed by atoms with van der Waals surface area (Å²) in [7, 11) is 0. The maximum Gasteiger partial charge on any atom is 0.123 e. The van der Waals surface area contributed by atoms with Crippen LogP contribution in [0.15, 0.2) is 103 Å². The lowest BCUT2D eigenvalue weighted by atomic mass is 10.0. The zero-order chi connectivity index (χ0) is 19.1. The van der Waals surface area contributed by atoms with Crippen LogP contribution in [0.1, 0.15) is 11.1 Å². The average molecular weight is 354 g/mol. The molecule has 27 heavy (non-hydrogen) atoms. The van der Waals surface area contributed by atoms with Crippen molar-refractivity contribution in [1.82, 2.24) is 0 Å². The van der Waals surface area contributed by atoms with E-state index in [0.717, 1.165) is 11.1 Å². The molecule has 0 aliphatic rings. The van der Waals surface area contributed by atoms with Gasteiger partial charge in [-0.05, 0) is 59.4 Å². The van der Waals surface area contributed by atoms with Crippen LogP contribution in [0.2, 0.25) is 0 Å². The molecule has 4 rings (SSSR count). The molecule has 4 aromatic rings. The molecule has 0 saturated carbocycles. The highest BCUT2D eigenvalue weighted by atomic mass is 19.1. The van der Waals surface area contributed by atoms with Crippen molar-refractivity contribution in [3.05, 3.63) is 120 Å². The van der Waals surface area contributed by atoms with Crippen LogP contribution in [0.3, 0.4) is 0 Å². The summed E-state index contributed by atoms with van der Waals surface area (Å²) in [4.78, 5) is 0. The normalized spacial score (nSPS) is 10.0. The minimum absolute atomic E-state index is 0.192. The van der Waals surface area contributed by atoms with Gasteiger partial charge in [-0.25, -0.2) is 4.39 Å². The standard InChI is InChI=1S/C13H11F.C13H12/c1-10-4-2-3-5-13(10)11-6-8-12(14)9-7-11;1-11-7-5-6-10-13(11)12-8-3-2-4-9-12/h2-9H,1H3;2-10H,1H3. The predicted octanol–water partition coefficient (Wildman–Crippen LogP) is 7.46. The smallest absolute Gasteiger partial charge is 0.123 e. The first-order chi connectivity index (χ1) is 13.1. The lowest BCUT2D eigenvalue weighted by Gasteiger charge is -2.04. The maximum atomic E-state index is 12.7. The van der Waals surface area contributed by atoms with Crippen LogP contribution in [0.5, 0.6) is 0 Å². The molecule has 0 saturated heterocycles. The highest BCUT2D eigenvalue weighted by molar-refractivity contribution is 5.67. The lowest BCUT2D eigenvalue weighted by Crippen LogP contribution is -1.82. The van der Waals surface area contributed by atoms with E-state index in [2.05, 4.69) is 68.4 Å². The van der Waals surface area contributed by atoms with Crippen LogP contribution in [0, 0.1) is 19.7 Å². The van der Waals surface area contributed by atoms with Gasteiger partial charge in [0.15, 0.2) is 0 Å². The Kier molecular flexibility index (Phi) is 6.17. The van der Waals surface area contributed by atoms with E-state index < -0.39 is 0 Å². The monoisotopic (exact) mass is 354 g/mol. The molecule has 4 aromatic carbocycles. The highest BCUT2D eigenvalue weighted by Gasteiger charge is 2.00. The minimum Gasteiger partial charge on any atom is -0.207 e. The number of halogens is 1. The molecule has 1 heteroatoms. The van der Waals surface area contributed by atoms with Crippen molar-refractivity contribution in [3.63, 3.8) is 0 Å². The summed E-state index contributed by atoms with van der Waals surface area (Å²) >= 11 is 0. The molecule has 0 nitrogen and oxygen atoms in total. The summed E-state index contributed by atoms with van der Waals surface area (Å²) < 4.78 is 12.7. The van der Waals surface area contributed by atoms with E-state index >= 15 is 0 Å². The molecule has 0 heterocycles. The summed E-state index contributed by atoms with van der Waals surface area (Å²) in [6.45, 7) is 4.20. The first-order valence-corrected chi connectivity index (χ1v) is 9.08. The van der Waals surface area contributed by atoms with Crippen molar-refractivity contribution in [3.8, 4) is 22.3 Å². The second kappa shape index (κ2) is 8.95. The van der Waals surface area contributed by atoms with Gasteiger partial charge in [0.2, 0.25) is 0 Å². The molecule has 0 aliphatic carbocycles. The lowest BCUT2D eigenvalue weighted by molar-refractivity contribution is 0.628. The number of hydrogen-bond donors (Lipinski definition) is 0. The third-order valence-corrected chi connectivity index (χ3v) is 4.53. The van der Waals surface area contributed by atoms with E-state index in [9.17, 15) is 4.39 Å². The number of hydrogen-bond acceptors (Lipinski definition) is 0. The van der Waals surface area contributed by atoms with Gasteiger partial charge in [-0.1, -0.05) is 91.0 Å². The molecule has 0 aromatic heterocycles. The summed E-state index contributed by atoms with van der Waals surface area (Å²) in [5.74, 6) is -0.192. The Morgan fingerprint density at radius 1 is 0.444 bits per heavy atom. The van der Waals surface area contributed by atoms with Crippen LogP contribution in [0.25, 0.3) is 22.3 Å². The SMILES string of the molecule is Cc1ccccc1-c1ccc(F)cc1.Cc1ccccc1-c1ccccc1. The van der Waals surface area contributed by atoms with Crippen molar-refractivity contribution in [2.75, 3.05) is 0 Å². The van der Waals surface area contributed by atoms with E-state index in [1.165, 1.54) is 34.4 Å². The summed E-state index contributed by atoms with van der Waals surface area (Å²) in [5, 5.41) is 0. The van der Waals surface area contributed by atoms with Crippen LogP contribution >= 0.6 is 0 Å². The van der Waals surface area contributed by atoms with Gasteiger partial charge in [0.25, 0.3) is 0 Å². The van der Waals surface area contributed by atoms with Crippen molar-refractivity contribution in [2.24, 2.45) is 0 Å². The molecular formula is C26H23F. The van der Waals surface area contributed by atoms with Crippen molar-refractivity contribution >= 4 is 0 Å². The Hall–Kier alpha value is -3.19. The van der Waals surface area contributed by atoms with Gasteiger partial charge < -0.3 is 0 Å². The molecule has 0 N–H and O–H groups in total. The molecular weight excluding hydrogens is 331 g/mol. The quantitative estimate of drug-likeness (QED) is 0.350. The third-order valence-electron chi connectivity index (χ3n) is 4.53. The topological polar surface area (TPSA) is 0 Å². The van der Waals surface area contributed by atoms with Gasteiger partial charge >= 0.3 is 0 Å². The highest BCUT2D eigenvalue weighted by Crippen LogP contribution is 2.23. The maximum absolute atomic E-state index is 12.7. The second-order valence-electron chi connectivity index (χ2n) is 6.50. The van der Waals surface area contributed by atoms with Gasteiger partial charge in [-0.3, -0.25) is 0 Å². The predicted molar refractivity (Wildman–Crippen MR) is 113 cm³/mol. The van der Waals surface area contributed by atoms with Gasteiger partial charge in [0.1, 0.15) is 5.82 Å². The molecule has 0 amide bonds. The largest absolute Gasteiger partial charge is 0.207 e.